The summed E-state index contributed by atoms with van der Waals surface area (Å²) in [6.45, 7) is 2.03. The third-order valence-corrected chi connectivity index (χ3v) is 2.17. The zero-order chi connectivity index (χ0) is 9.54. The minimum absolute atomic E-state index is 0.670. The van der Waals surface area contributed by atoms with Crippen LogP contribution in [0.4, 0.5) is 0 Å². The molecule has 0 radical (unpaired) electrons. The molecular formula is C9H7N5. The van der Waals surface area contributed by atoms with E-state index in [0.717, 1.165) is 11.0 Å². The lowest BCUT2D eigenvalue weighted by atomic mass is 10.2. The van der Waals surface area contributed by atoms with Crippen molar-refractivity contribution in [2.45, 2.75) is 6.92 Å². The minimum Gasteiger partial charge on any atom is -0.251 e. The summed E-state index contributed by atoms with van der Waals surface area (Å²) in [5.41, 5.74) is 3.67. The molecule has 0 N–H and O–H groups in total. The summed E-state index contributed by atoms with van der Waals surface area (Å²) in [6, 6.07) is 6.00. The van der Waals surface area contributed by atoms with E-state index < -0.39 is 0 Å². The Hall–Kier alpha value is -2.04. The number of aryl methyl sites for hydroxylation is 1. The highest BCUT2D eigenvalue weighted by atomic mass is 15.5. The molecule has 3 aromatic rings. The van der Waals surface area contributed by atoms with Crippen molar-refractivity contribution in [2.75, 3.05) is 0 Å². The third kappa shape index (κ3) is 0.891. The number of hydrogen-bond acceptors (Lipinski definition) is 4. The second-order valence-electron chi connectivity index (χ2n) is 3.20. The smallest absolute Gasteiger partial charge is 0.198 e. The number of rotatable bonds is 0. The first-order valence-electron chi connectivity index (χ1n) is 4.28. The zero-order valence-corrected chi connectivity index (χ0v) is 7.55. The lowest BCUT2D eigenvalue weighted by Gasteiger charge is -1.99. The Labute approximate surface area is 79.4 Å². The summed E-state index contributed by atoms with van der Waals surface area (Å²) in [6.07, 6.45) is 1.66. The van der Waals surface area contributed by atoms with E-state index in [1.807, 2.05) is 25.1 Å². The summed E-state index contributed by atoms with van der Waals surface area (Å²) in [5.74, 6) is 0. The molecule has 0 aliphatic carbocycles. The van der Waals surface area contributed by atoms with Crippen molar-refractivity contribution in [3.8, 4) is 0 Å². The van der Waals surface area contributed by atoms with E-state index in [9.17, 15) is 0 Å². The van der Waals surface area contributed by atoms with Crippen LogP contribution >= 0.6 is 0 Å². The van der Waals surface area contributed by atoms with E-state index in [4.69, 9.17) is 0 Å². The molecule has 5 nitrogen and oxygen atoms in total. The van der Waals surface area contributed by atoms with E-state index >= 15 is 0 Å². The van der Waals surface area contributed by atoms with E-state index in [1.54, 1.807) is 10.7 Å². The molecule has 0 saturated carbocycles. The topological polar surface area (TPSA) is 56.0 Å². The molecule has 2 heterocycles. The molecule has 2 aromatic heterocycles. The molecule has 0 amide bonds. The van der Waals surface area contributed by atoms with Crippen molar-refractivity contribution in [1.29, 1.82) is 0 Å². The maximum absolute atomic E-state index is 4.26. The van der Waals surface area contributed by atoms with Gasteiger partial charge in [0, 0.05) is 0 Å². The Kier molecular flexibility index (Phi) is 1.30. The number of hydrogen-bond donors (Lipinski definition) is 0. The van der Waals surface area contributed by atoms with Gasteiger partial charge < -0.3 is 0 Å². The summed E-state index contributed by atoms with van der Waals surface area (Å²) >= 11 is 0. The number of fused-ring (bicyclic) bond motifs is 3. The lowest BCUT2D eigenvalue weighted by molar-refractivity contribution is 0.840. The average Bonchev–Trinajstić information content (AvgIpc) is 2.65. The predicted molar refractivity (Wildman–Crippen MR) is 50.8 cm³/mol. The Balaban J connectivity index is 2.60. The molecule has 14 heavy (non-hydrogen) atoms. The zero-order valence-electron chi connectivity index (χ0n) is 7.55. The fourth-order valence-electron chi connectivity index (χ4n) is 1.49. The van der Waals surface area contributed by atoms with E-state index in [1.165, 1.54) is 5.56 Å². The SMILES string of the molecule is Cc1ccc2ncc3nnnn3c2c1. The highest BCUT2D eigenvalue weighted by Crippen LogP contribution is 2.13. The van der Waals surface area contributed by atoms with Gasteiger partial charge in [-0.1, -0.05) is 6.07 Å². The first-order chi connectivity index (χ1) is 6.84. The Bertz CT molecular complexity index is 613. The second-order valence-corrected chi connectivity index (χ2v) is 3.20. The first-order valence-corrected chi connectivity index (χ1v) is 4.28. The molecule has 0 atom stereocenters. The Morgan fingerprint density at radius 3 is 3.14 bits per heavy atom. The average molecular weight is 185 g/mol. The van der Waals surface area contributed by atoms with Crippen LogP contribution in [0, 0.1) is 6.92 Å². The largest absolute Gasteiger partial charge is 0.251 e. The van der Waals surface area contributed by atoms with Crippen LogP contribution in [0.2, 0.25) is 0 Å². The van der Waals surface area contributed by atoms with Crippen LogP contribution in [0.5, 0.6) is 0 Å². The van der Waals surface area contributed by atoms with Crippen LogP contribution in [0.15, 0.2) is 24.4 Å². The molecule has 1 aromatic carbocycles. The van der Waals surface area contributed by atoms with Crippen molar-refractivity contribution in [3.05, 3.63) is 30.0 Å². The summed E-state index contributed by atoms with van der Waals surface area (Å²) in [5, 5.41) is 11.3. The standard InChI is InChI=1S/C9H7N5/c1-6-2-3-7-8(4-6)14-9(5-10-7)11-12-13-14/h2-5H,1H3. The van der Waals surface area contributed by atoms with Crippen molar-refractivity contribution < 1.29 is 0 Å². The van der Waals surface area contributed by atoms with Gasteiger partial charge in [0.1, 0.15) is 0 Å². The number of aromatic nitrogens is 5. The molecule has 0 aliphatic rings. The van der Waals surface area contributed by atoms with Gasteiger partial charge in [0.05, 0.1) is 17.2 Å². The van der Waals surface area contributed by atoms with Gasteiger partial charge in [-0.15, -0.1) is 5.10 Å². The van der Waals surface area contributed by atoms with Crippen LogP contribution in [0.1, 0.15) is 5.56 Å². The second kappa shape index (κ2) is 2.47. The molecule has 0 saturated heterocycles. The fraction of sp³-hybridized carbons (Fsp3) is 0.111. The van der Waals surface area contributed by atoms with Crippen LogP contribution < -0.4 is 0 Å². The van der Waals surface area contributed by atoms with Crippen LogP contribution in [-0.4, -0.2) is 25.0 Å². The van der Waals surface area contributed by atoms with Crippen molar-refractivity contribution in [3.63, 3.8) is 0 Å². The monoisotopic (exact) mass is 185 g/mol. The molecule has 5 heteroatoms. The maximum atomic E-state index is 4.26. The van der Waals surface area contributed by atoms with E-state index in [2.05, 4.69) is 20.5 Å². The predicted octanol–water partition coefficient (Wildman–Crippen LogP) is 0.981. The number of nitrogens with zero attached hydrogens (tertiary/aromatic N) is 5. The number of tetrazole rings is 1. The highest BCUT2D eigenvalue weighted by molar-refractivity contribution is 5.77. The molecule has 0 aliphatic heterocycles. The molecule has 0 unspecified atom stereocenters. The maximum Gasteiger partial charge on any atom is 0.198 e. The molecular weight excluding hydrogens is 178 g/mol. The Morgan fingerprint density at radius 1 is 1.29 bits per heavy atom. The lowest BCUT2D eigenvalue weighted by Crippen LogP contribution is -1.93. The van der Waals surface area contributed by atoms with E-state index in [0.29, 0.717) is 5.65 Å². The van der Waals surface area contributed by atoms with Gasteiger partial charge in [0.25, 0.3) is 0 Å². The van der Waals surface area contributed by atoms with Crippen LogP contribution in [0.25, 0.3) is 16.7 Å². The fourth-order valence-corrected chi connectivity index (χ4v) is 1.49. The third-order valence-electron chi connectivity index (χ3n) is 2.17. The number of benzene rings is 1. The van der Waals surface area contributed by atoms with Gasteiger partial charge in [-0.25, -0.2) is 0 Å². The van der Waals surface area contributed by atoms with Crippen molar-refractivity contribution >= 4 is 16.7 Å². The van der Waals surface area contributed by atoms with Crippen LogP contribution in [-0.2, 0) is 0 Å². The van der Waals surface area contributed by atoms with Crippen molar-refractivity contribution in [2.24, 2.45) is 0 Å². The van der Waals surface area contributed by atoms with Crippen molar-refractivity contribution in [1.82, 2.24) is 25.0 Å². The normalized spacial score (nSPS) is 11.2. The van der Waals surface area contributed by atoms with E-state index in [-0.39, 0.29) is 0 Å². The van der Waals surface area contributed by atoms with Crippen LogP contribution in [0.3, 0.4) is 0 Å². The Morgan fingerprint density at radius 2 is 2.21 bits per heavy atom. The molecule has 0 bridgehead atoms. The first kappa shape index (κ1) is 7.37. The summed E-state index contributed by atoms with van der Waals surface area (Å²) < 4.78 is 1.69. The van der Waals surface area contributed by atoms with Gasteiger partial charge in [0.2, 0.25) is 0 Å². The van der Waals surface area contributed by atoms with Gasteiger partial charge in [-0.05, 0) is 35.0 Å². The van der Waals surface area contributed by atoms with Gasteiger partial charge in [0.15, 0.2) is 5.65 Å². The molecule has 0 spiro atoms. The molecule has 3 rings (SSSR count). The minimum atomic E-state index is 0.670. The quantitative estimate of drug-likeness (QED) is 0.524. The highest BCUT2D eigenvalue weighted by Gasteiger charge is 2.03. The van der Waals surface area contributed by atoms with Gasteiger partial charge in [-0.2, -0.15) is 4.52 Å². The molecule has 0 fully saturated rings. The van der Waals surface area contributed by atoms with Gasteiger partial charge in [-0.3, -0.25) is 4.98 Å². The molecule has 68 valence electrons. The van der Waals surface area contributed by atoms with Gasteiger partial charge >= 0.3 is 0 Å². The summed E-state index contributed by atoms with van der Waals surface area (Å²) in [4.78, 5) is 4.26. The summed E-state index contributed by atoms with van der Waals surface area (Å²) in [7, 11) is 0.